The van der Waals surface area contributed by atoms with Crippen molar-refractivity contribution >= 4 is 5.95 Å². The van der Waals surface area contributed by atoms with E-state index in [0.29, 0.717) is 24.1 Å². The molecule has 1 heterocycles. The maximum atomic E-state index is 13.9. The second kappa shape index (κ2) is 10.7. The van der Waals surface area contributed by atoms with E-state index < -0.39 is 0 Å². The second-order valence-corrected chi connectivity index (χ2v) is 8.26. The highest BCUT2D eigenvalue weighted by atomic mass is 19.1. The third-order valence-corrected chi connectivity index (χ3v) is 4.72. The molecule has 0 atom stereocenters. The van der Waals surface area contributed by atoms with Crippen molar-refractivity contribution in [3.05, 3.63) is 17.7 Å². The summed E-state index contributed by atoms with van der Waals surface area (Å²) in [4.78, 5) is 11.3. The van der Waals surface area contributed by atoms with Crippen molar-refractivity contribution in [2.24, 2.45) is 5.41 Å². The largest absolute Gasteiger partial charge is 0.338 e. The summed E-state index contributed by atoms with van der Waals surface area (Å²) in [5.74, 6) is 0.417. The minimum absolute atomic E-state index is 0.256. The van der Waals surface area contributed by atoms with Crippen LogP contribution in [0.15, 0.2) is 6.20 Å². The summed E-state index contributed by atoms with van der Waals surface area (Å²) < 4.78 is 13.9. The van der Waals surface area contributed by atoms with Gasteiger partial charge in [0.25, 0.3) is 0 Å². The number of hydrogen-bond acceptors (Lipinski definition) is 3. The van der Waals surface area contributed by atoms with E-state index in [2.05, 4.69) is 49.5 Å². The number of rotatable bonds is 11. The number of anilines is 1. The lowest BCUT2D eigenvalue weighted by atomic mass is 9.91. The molecule has 0 aliphatic heterocycles. The van der Waals surface area contributed by atoms with Crippen LogP contribution in [0.4, 0.5) is 10.3 Å². The molecule has 0 saturated carbocycles. The van der Waals surface area contributed by atoms with Crippen LogP contribution in [0.25, 0.3) is 0 Å². The molecular formula is C21H38FN3. The predicted octanol–water partition coefficient (Wildman–Crippen LogP) is 6.17. The molecule has 25 heavy (non-hydrogen) atoms. The molecule has 144 valence electrons. The average molecular weight is 352 g/mol. The summed E-state index contributed by atoms with van der Waals surface area (Å²) in [7, 11) is 0. The molecule has 3 nitrogen and oxygen atoms in total. The Labute approximate surface area is 154 Å². The van der Waals surface area contributed by atoms with Crippen LogP contribution in [0.5, 0.6) is 0 Å². The third-order valence-electron chi connectivity index (χ3n) is 4.72. The number of nitrogens with zero attached hydrogens (tertiary/aromatic N) is 3. The number of aryl methyl sites for hydroxylation is 1. The molecule has 1 aromatic rings. The Morgan fingerprint density at radius 1 is 1.08 bits per heavy atom. The summed E-state index contributed by atoms with van der Waals surface area (Å²) in [5, 5.41) is 0. The highest BCUT2D eigenvalue weighted by molar-refractivity contribution is 5.32. The molecule has 0 bridgehead atoms. The quantitative estimate of drug-likeness (QED) is 0.477. The van der Waals surface area contributed by atoms with Gasteiger partial charge in [-0.15, -0.1) is 0 Å². The van der Waals surface area contributed by atoms with Gasteiger partial charge in [0, 0.05) is 12.6 Å². The first-order chi connectivity index (χ1) is 11.8. The smallest absolute Gasteiger partial charge is 0.225 e. The van der Waals surface area contributed by atoms with Crippen LogP contribution >= 0.6 is 0 Å². The molecule has 0 aliphatic carbocycles. The van der Waals surface area contributed by atoms with Gasteiger partial charge in [-0.25, -0.2) is 14.4 Å². The van der Waals surface area contributed by atoms with Gasteiger partial charge in [-0.3, -0.25) is 0 Å². The van der Waals surface area contributed by atoms with Gasteiger partial charge < -0.3 is 4.90 Å². The lowest BCUT2D eigenvalue weighted by molar-refractivity contribution is 0.361. The van der Waals surface area contributed by atoms with Gasteiger partial charge in [0.05, 0.1) is 11.9 Å². The van der Waals surface area contributed by atoms with E-state index in [0.717, 1.165) is 25.8 Å². The van der Waals surface area contributed by atoms with Crippen LogP contribution in [0.2, 0.25) is 0 Å². The van der Waals surface area contributed by atoms with Crippen molar-refractivity contribution in [2.45, 2.75) is 99.0 Å². The Morgan fingerprint density at radius 2 is 1.68 bits per heavy atom. The molecule has 0 aromatic carbocycles. The Kier molecular flexibility index (Phi) is 9.37. The fraction of sp³-hybridized carbons (Fsp3) is 0.810. The third kappa shape index (κ3) is 7.70. The monoisotopic (exact) mass is 351 g/mol. The number of unbranched alkanes of at least 4 members (excludes halogenated alkanes) is 2. The van der Waals surface area contributed by atoms with Crippen molar-refractivity contribution in [1.82, 2.24) is 9.97 Å². The van der Waals surface area contributed by atoms with E-state index in [4.69, 9.17) is 0 Å². The molecule has 0 saturated heterocycles. The van der Waals surface area contributed by atoms with E-state index in [1.807, 2.05) is 6.92 Å². The summed E-state index contributed by atoms with van der Waals surface area (Å²) >= 11 is 0. The zero-order chi connectivity index (χ0) is 18.9. The van der Waals surface area contributed by atoms with Crippen LogP contribution in [0.1, 0.15) is 92.2 Å². The van der Waals surface area contributed by atoms with Crippen LogP contribution in [0.3, 0.4) is 0 Å². The lowest BCUT2D eigenvalue weighted by Crippen LogP contribution is -2.39. The zero-order valence-corrected chi connectivity index (χ0v) is 17.2. The van der Waals surface area contributed by atoms with Crippen LogP contribution in [0, 0.1) is 11.2 Å². The first-order valence-electron chi connectivity index (χ1n) is 10.1. The van der Waals surface area contributed by atoms with Gasteiger partial charge in [-0.2, -0.15) is 0 Å². The summed E-state index contributed by atoms with van der Waals surface area (Å²) in [6.45, 7) is 14.1. The van der Waals surface area contributed by atoms with Gasteiger partial charge in [0.2, 0.25) is 5.95 Å². The predicted molar refractivity (Wildman–Crippen MR) is 106 cm³/mol. The van der Waals surface area contributed by atoms with Gasteiger partial charge in [0.1, 0.15) is 0 Å². The van der Waals surface area contributed by atoms with E-state index >= 15 is 0 Å². The first-order valence-corrected chi connectivity index (χ1v) is 10.1. The molecule has 0 spiro atoms. The lowest BCUT2D eigenvalue weighted by Gasteiger charge is -2.34. The molecule has 0 radical (unpaired) electrons. The standard InChI is InChI=1S/C21H38FN3/c1-7-10-12-17(13-11-8-2)25(15-14-21(4,5)6)20-23-16-18(22)19(9-3)24-20/h16-17H,7-15H2,1-6H3. The fourth-order valence-electron chi connectivity index (χ4n) is 3.02. The van der Waals surface area contributed by atoms with Crippen molar-refractivity contribution in [3.63, 3.8) is 0 Å². The Morgan fingerprint density at radius 3 is 2.16 bits per heavy atom. The summed E-state index contributed by atoms with van der Waals surface area (Å²) in [5.41, 5.74) is 0.779. The van der Waals surface area contributed by atoms with E-state index in [9.17, 15) is 4.39 Å². The molecule has 0 fully saturated rings. The fourth-order valence-corrected chi connectivity index (χ4v) is 3.02. The second-order valence-electron chi connectivity index (χ2n) is 8.26. The van der Waals surface area contributed by atoms with Crippen LogP contribution in [-0.4, -0.2) is 22.6 Å². The molecule has 0 unspecified atom stereocenters. The SMILES string of the molecule is CCCCC(CCCC)N(CCC(C)(C)C)c1ncc(F)c(CC)n1. The number of hydrogen-bond donors (Lipinski definition) is 0. The minimum Gasteiger partial charge on any atom is -0.338 e. The van der Waals surface area contributed by atoms with Crippen molar-refractivity contribution < 1.29 is 4.39 Å². The van der Waals surface area contributed by atoms with Gasteiger partial charge in [0.15, 0.2) is 5.82 Å². The molecule has 4 heteroatoms. The minimum atomic E-state index is -0.291. The Bertz CT molecular complexity index is 488. The van der Waals surface area contributed by atoms with Crippen molar-refractivity contribution in [1.29, 1.82) is 0 Å². The normalized spacial score (nSPS) is 12.0. The highest BCUT2D eigenvalue weighted by Crippen LogP contribution is 2.26. The summed E-state index contributed by atoms with van der Waals surface area (Å²) in [6.07, 6.45) is 10.1. The average Bonchev–Trinajstić information content (AvgIpc) is 2.56. The van der Waals surface area contributed by atoms with Crippen LogP contribution in [-0.2, 0) is 6.42 Å². The maximum absolute atomic E-state index is 13.9. The number of aromatic nitrogens is 2. The van der Waals surface area contributed by atoms with Crippen LogP contribution < -0.4 is 4.90 Å². The van der Waals surface area contributed by atoms with E-state index in [-0.39, 0.29) is 11.2 Å². The summed E-state index contributed by atoms with van der Waals surface area (Å²) in [6, 6.07) is 0.442. The molecule has 0 N–H and O–H groups in total. The van der Waals surface area contributed by atoms with Gasteiger partial charge in [-0.1, -0.05) is 67.2 Å². The molecular weight excluding hydrogens is 313 g/mol. The molecule has 0 aliphatic rings. The highest BCUT2D eigenvalue weighted by Gasteiger charge is 2.23. The first kappa shape index (κ1) is 21.9. The number of halogens is 1. The molecule has 1 aromatic heterocycles. The van der Waals surface area contributed by atoms with E-state index in [1.165, 1.54) is 31.9 Å². The molecule has 0 amide bonds. The maximum Gasteiger partial charge on any atom is 0.225 e. The van der Waals surface area contributed by atoms with E-state index in [1.54, 1.807) is 0 Å². The van der Waals surface area contributed by atoms with Crippen molar-refractivity contribution in [3.8, 4) is 0 Å². The topological polar surface area (TPSA) is 29.0 Å². The van der Waals surface area contributed by atoms with Gasteiger partial charge in [-0.05, 0) is 31.1 Å². The Balaban J connectivity index is 3.10. The Hall–Kier alpha value is -1.19. The molecule has 1 rings (SSSR count). The van der Waals surface area contributed by atoms with Gasteiger partial charge >= 0.3 is 0 Å². The van der Waals surface area contributed by atoms with Crippen molar-refractivity contribution in [2.75, 3.05) is 11.4 Å². The zero-order valence-electron chi connectivity index (χ0n) is 17.2.